The average molecular weight is 254 g/mol. The molecule has 0 bridgehead atoms. The molecule has 1 saturated carbocycles. The molecular formula is C16H34N2. The highest BCUT2D eigenvalue weighted by molar-refractivity contribution is 4.82. The van der Waals surface area contributed by atoms with Gasteiger partial charge in [0.2, 0.25) is 0 Å². The normalized spacial score (nSPS) is 26.0. The molecule has 1 fully saturated rings. The van der Waals surface area contributed by atoms with Gasteiger partial charge in [-0.2, -0.15) is 0 Å². The molecule has 18 heavy (non-hydrogen) atoms. The van der Waals surface area contributed by atoms with Crippen LogP contribution in [0.2, 0.25) is 0 Å². The summed E-state index contributed by atoms with van der Waals surface area (Å²) in [4.78, 5) is 2.61. The van der Waals surface area contributed by atoms with Gasteiger partial charge in [-0.15, -0.1) is 0 Å². The van der Waals surface area contributed by atoms with Gasteiger partial charge in [-0.1, -0.05) is 34.6 Å². The SMILES string of the molecule is CC1CCC(N(C)CC(C)(C)CNC(C)C)CC1. The number of hydrogen-bond donors (Lipinski definition) is 1. The molecule has 1 aliphatic rings. The fourth-order valence-electron chi connectivity index (χ4n) is 3.02. The Hall–Kier alpha value is -0.0800. The second-order valence-corrected chi connectivity index (χ2v) is 7.53. The molecule has 0 unspecified atom stereocenters. The molecule has 0 aromatic carbocycles. The lowest BCUT2D eigenvalue weighted by atomic mass is 9.85. The van der Waals surface area contributed by atoms with Gasteiger partial charge < -0.3 is 10.2 Å². The van der Waals surface area contributed by atoms with Gasteiger partial charge in [0.05, 0.1) is 0 Å². The number of rotatable bonds is 6. The molecule has 0 amide bonds. The van der Waals surface area contributed by atoms with Crippen molar-refractivity contribution in [2.75, 3.05) is 20.1 Å². The zero-order chi connectivity index (χ0) is 13.8. The molecule has 0 aromatic heterocycles. The molecule has 2 heteroatoms. The van der Waals surface area contributed by atoms with E-state index in [1.54, 1.807) is 0 Å². The van der Waals surface area contributed by atoms with Crippen LogP contribution in [0.15, 0.2) is 0 Å². The summed E-state index contributed by atoms with van der Waals surface area (Å²) < 4.78 is 0. The summed E-state index contributed by atoms with van der Waals surface area (Å²) >= 11 is 0. The summed E-state index contributed by atoms with van der Waals surface area (Å²) in [5.41, 5.74) is 0.363. The van der Waals surface area contributed by atoms with Gasteiger partial charge in [-0.3, -0.25) is 0 Å². The van der Waals surface area contributed by atoms with Crippen LogP contribution in [0.25, 0.3) is 0 Å². The maximum atomic E-state index is 3.57. The van der Waals surface area contributed by atoms with Crippen LogP contribution in [0, 0.1) is 11.3 Å². The Morgan fingerprint density at radius 1 is 1.17 bits per heavy atom. The third kappa shape index (κ3) is 5.71. The zero-order valence-corrected chi connectivity index (χ0v) is 13.4. The van der Waals surface area contributed by atoms with Crippen LogP contribution in [0.4, 0.5) is 0 Å². The minimum Gasteiger partial charge on any atom is -0.314 e. The van der Waals surface area contributed by atoms with E-state index in [9.17, 15) is 0 Å². The third-order valence-electron chi connectivity index (χ3n) is 4.28. The summed E-state index contributed by atoms with van der Waals surface area (Å²) in [7, 11) is 2.32. The van der Waals surface area contributed by atoms with Gasteiger partial charge in [-0.05, 0) is 44.1 Å². The van der Waals surface area contributed by atoms with Crippen molar-refractivity contribution in [2.45, 2.75) is 72.4 Å². The van der Waals surface area contributed by atoms with Crippen molar-refractivity contribution in [3.05, 3.63) is 0 Å². The van der Waals surface area contributed by atoms with Crippen molar-refractivity contribution < 1.29 is 0 Å². The Bertz CT molecular complexity index is 227. The summed E-state index contributed by atoms with van der Waals surface area (Å²) in [6, 6.07) is 1.41. The molecule has 0 spiro atoms. The van der Waals surface area contributed by atoms with Crippen LogP contribution in [0.3, 0.4) is 0 Å². The molecule has 2 nitrogen and oxygen atoms in total. The first kappa shape index (κ1) is 16.0. The maximum absolute atomic E-state index is 3.57. The second kappa shape index (κ2) is 6.91. The lowest BCUT2D eigenvalue weighted by Gasteiger charge is -2.38. The predicted octanol–water partition coefficient (Wildman–Crippen LogP) is 3.52. The molecule has 0 radical (unpaired) electrons. The van der Waals surface area contributed by atoms with Crippen LogP contribution in [0.1, 0.15) is 60.3 Å². The molecule has 0 aliphatic heterocycles. The first-order chi connectivity index (χ1) is 8.30. The largest absolute Gasteiger partial charge is 0.314 e. The van der Waals surface area contributed by atoms with Gasteiger partial charge in [0.25, 0.3) is 0 Å². The van der Waals surface area contributed by atoms with Crippen molar-refractivity contribution >= 4 is 0 Å². The van der Waals surface area contributed by atoms with E-state index in [1.807, 2.05) is 0 Å². The highest BCUT2D eigenvalue weighted by atomic mass is 15.1. The van der Waals surface area contributed by atoms with Crippen LogP contribution in [0.5, 0.6) is 0 Å². The first-order valence-corrected chi connectivity index (χ1v) is 7.74. The van der Waals surface area contributed by atoms with Gasteiger partial charge in [0, 0.05) is 25.2 Å². The van der Waals surface area contributed by atoms with Crippen LogP contribution < -0.4 is 5.32 Å². The summed E-state index contributed by atoms with van der Waals surface area (Å²) in [6.45, 7) is 13.9. The lowest BCUT2D eigenvalue weighted by molar-refractivity contribution is 0.118. The van der Waals surface area contributed by atoms with Crippen molar-refractivity contribution in [3.8, 4) is 0 Å². The first-order valence-electron chi connectivity index (χ1n) is 7.74. The minimum absolute atomic E-state index is 0.363. The second-order valence-electron chi connectivity index (χ2n) is 7.53. The Morgan fingerprint density at radius 3 is 2.22 bits per heavy atom. The molecule has 108 valence electrons. The van der Waals surface area contributed by atoms with E-state index in [4.69, 9.17) is 0 Å². The quantitative estimate of drug-likeness (QED) is 0.780. The van der Waals surface area contributed by atoms with E-state index in [1.165, 1.54) is 32.2 Å². The molecule has 1 aliphatic carbocycles. The van der Waals surface area contributed by atoms with Gasteiger partial charge >= 0.3 is 0 Å². The highest BCUT2D eigenvalue weighted by Crippen LogP contribution is 2.28. The molecule has 1 N–H and O–H groups in total. The maximum Gasteiger partial charge on any atom is 0.00926 e. The zero-order valence-electron chi connectivity index (χ0n) is 13.4. The Morgan fingerprint density at radius 2 is 1.72 bits per heavy atom. The average Bonchev–Trinajstić information content (AvgIpc) is 2.27. The van der Waals surface area contributed by atoms with Gasteiger partial charge in [-0.25, -0.2) is 0 Å². The lowest BCUT2D eigenvalue weighted by Crippen LogP contribution is -2.45. The van der Waals surface area contributed by atoms with Gasteiger partial charge in [0.1, 0.15) is 0 Å². The molecule has 0 heterocycles. The van der Waals surface area contributed by atoms with Crippen LogP contribution in [-0.2, 0) is 0 Å². The standard InChI is InChI=1S/C16H34N2/c1-13(2)17-11-16(4,5)12-18(6)15-9-7-14(3)8-10-15/h13-15,17H,7-12H2,1-6H3. The smallest absolute Gasteiger partial charge is 0.00926 e. The van der Waals surface area contributed by atoms with E-state index < -0.39 is 0 Å². The fraction of sp³-hybridized carbons (Fsp3) is 1.00. The molecule has 0 saturated heterocycles. The van der Waals surface area contributed by atoms with Crippen molar-refractivity contribution in [1.82, 2.24) is 10.2 Å². The van der Waals surface area contributed by atoms with Crippen molar-refractivity contribution in [2.24, 2.45) is 11.3 Å². The van der Waals surface area contributed by atoms with Crippen molar-refractivity contribution in [3.63, 3.8) is 0 Å². The molecule has 0 aromatic rings. The highest BCUT2D eigenvalue weighted by Gasteiger charge is 2.26. The number of hydrogen-bond acceptors (Lipinski definition) is 2. The summed E-state index contributed by atoms with van der Waals surface area (Å²) in [6.07, 6.45) is 5.62. The Balaban J connectivity index is 2.35. The Labute approximate surface area is 115 Å². The van der Waals surface area contributed by atoms with Gasteiger partial charge in [0.15, 0.2) is 0 Å². The molecule has 1 rings (SSSR count). The summed E-state index contributed by atoms with van der Waals surface area (Å²) in [5, 5.41) is 3.57. The minimum atomic E-state index is 0.363. The van der Waals surface area contributed by atoms with E-state index in [0.717, 1.165) is 18.5 Å². The fourth-order valence-corrected chi connectivity index (χ4v) is 3.02. The van der Waals surface area contributed by atoms with E-state index in [-0.39, 0.29) is 0 Å². The van der Waals surface area contributed by atoms with E-state index >= 15 is 0 Å². The summed E-state index contributed by atoms with van der Waals surface area (Å²) in [5.74, 6) is 0.949. The van der Waals surface area contributed by atoms with E-state index in [0.29, 0.717) is 11.5 Å². The number of nitrogens with one attached hydrogen (secondary N) is 1. The predicted molar refractivity (Wildman–Crippen MR) is 81.0 cm³/mol. The Kier molecular flexibility index (Phi) is 6.13. The monoisotopic (exact) mass is 254 g/mol. The third-order valence-corrected chi connectivity index (χ3v) is 4.28. The molecule has 0 atom stereocenters. The van der Waals surface area contributed by atoms with Crippen LogP contribution >= 0.6 is 0 Å². The number of nitrogens with zero attached hydrogens (tertiary/aromatic N) is 1. The van der Waals surface area contributed by atoms with Crippen LogP contribution in [-0.4, -0.2) is 37.1 Å². The topological polar surface area (TPSA) is 15.3 Å². The van der Waals surface area contributed by atoms with Crippen molar-refractivity contribution in [1.29, 1.82) is 0 Å². The molecular weight excluding hydrogens is 220 g/mol. The van der Waals surface area contributed by atoms with E-state index in [2.05, 4.69) is 51.9 Å².